The molecular formula is C13H17NO2. The van der Waals surface area contributed by atoms with E-state index in [-0.39, 0.29) is 5.91 Å². The third kappa shape index (κ3) is 2.18. The predicted octanol–water partition coefficient (Wildman–Crippen LogP) is 2.29. The van der Waals surface area contributed by atoms with E-state index < -0.39 is 0 Å². The number of carbonyl (C=O) groups excluding carboxylic acids is 1. The predicted molar refractivity (Wildman–Crippen MR) is 62.8 cm³/mol. The number of hydrogen-bond donors (Lipinski definition) is 1. The summed E-state index contributed by atoms with van der Waals surface area (Å²) in [6, 6.07) is 5.90. The molecule has 86 valence electrons. The van der Waals surface area contributed by atoms with Gasteiger partial charge in [0, 0.05) is 11.6 Å². The van der Waals surface area contributed by atoms with Crippen molar-refractivity contribution in [2.24, 2.45) is 0 Å². The van der Waals surface area contributed by atoms with Crippen LogP contribution in [0.5, 0.6) is 5.75 Å². The SMILES string of the molecule is COc1ccc(C(=O)NC2CCC2)cc1C. The minimum absolute atomic E-state index is 0.0236. The quantitative estimate of drug-likeness (QED) is 0.847. The summed E-state index contributed by atoms with van der Waals surface area (Å²) in [5.41, 5.74) is 1.70. The lowest BCUT2D eigenvalue weighted by Crippen LogP contribution is -2.39. The minimum Gasteiger partial charge on any atom is -0.496 e. The molecule has 0 spiro atoms. The van der Waals surface area contributed by atoms with Crippen LogP contribution >= 0.6 is 0 Å². The average Bonchev–Trinajstić information content (AvgIpc) is 2.23. The lowest BCUT2D eigenvalue weighted by Gasteiger charge is -2.26. The molecule has 3 heteroatoms. The van der Waals surface area contributed by atoms with Crippen LogP contribution in [0.25, 0.3) is 0 Å². The summed E-state index contributed by atoms with van der Waals surface area (Å²) in [5, 5.41) is 3.02. The fourth-order valence-electron chi connectivity index (χ4n) is 1.84. The molecule has 1 N–H and O–H groups in total. The standard InChI is InChI=1S/C13H17NO2/c1-9-8-10(6-7-12(9)16-2)13(15)14-11-4-3-5-11/h6-8,11H,3-5H2,1-2H3,(H,14,15). The van der Waals surface area contributed by atoms with Gasteiger partial charge < -0.3 is 10.1 Å². The van der Waals surface area contributed by atoms with Crippen molar-refractivity contribution in [1.82, 2.24) is 5.32 Å². The Kier molecular flexibility index (Phi) is 3.13. The van der Waals surface area contributed by atoms with E-state index in [0.29, 0.717) is 11.6 Å². The Hall–Kier alpha value is -1.51. The van der Waals surface area contributed by atoms with Crippen LogP contribution in [-0.4, -0.2) is 19.1 Å². The molecule has 0 heterocycles. The van der Waals surface area contributed by atoms with Gasteiger partial charge in [-0.05, 0) is 49.9 Å². The van der Waals surface area contributed by atoms with Crippen LogP contribution in [0.2, 0.25) is 0 Å². The summed E-state index contributed by atoms with van der Waals surface area (Å²) < 4.78 is 5.16. The zero-order valence-corrected chi connectivity index (χ0v) is 9.75. The van der Waals surface area contributed by atoms with Crippen molar-refractivity contribution in [2.45, 2.75) is 32.2 Å². The number of benzene rings is 1. The summed E-state index contributed by atoms with van der Waals surface area (Å²) in [5.74, 6) is 0.843. The van der Waals surface area contributed by atoms with Gasteiger partial charge in [-0.3, -0.25) is 4.79 Å². The molecule has 0 radical (unpaired) electrons. The molecule has 1 aliphatic carbocycles. The number of nitrogens with one attached hydrogen (secondary N) is 1. The first-order valence-electron chi connectivity index (χ1n) is 5.66. The number of hydrogen-bond acceptors (Lipinski definition) is 2. The molecule has 0 unspecified atom stereocenters. The fraction of sp³-hybridized carbons (Fsp3) is 0.462. The van der Waals surface area contributed by atoms with Gasteiger partial charge in [0.1, 0.15) is 5.75 Å². The number of aryl methyl sites for hydroxylation is 1. The van der Waals surface area contributed by atoms with Crippen molar-refractivity contribution in [3.8, 4) is 5.75 Å². The molecule has 1 aromatic rings. The van der Waals surface area contributed by atoms with Crippen molar-refractivity contribution in [3.05, 3.63) is 29.3 Å². The van der Waals surface area contributed by atoms with Crippen LogP contribution in [-0.2, 0) is 0 Å². The third-order valence-corrected chi connectivity index (χ3v) is 3.10. The van der Waals surface area contributed by atoms with Gasteiger partial charge in [0.05, 0.1) is 7.11 Å². The van der Waals surface area contributed by atoms with Gasteiger partial charge >= 0.3 is 0 Å². The van der Waals surface area contributed by atoms with E-state index in [9.17, 15) is 4.79 Å². The van der Waals surface area contributed by atoms with Crippen molar-refractivity contribution in [2.75, 3.05) is 7.11 Å². The summed E-state index contributed by atoms with van der Waals surface area (Å²) in [6.45, 7) is 1.94. The average molecular weight is 219 g/mol. The Morgan fingerprint density at radius 1 is 1.44 bits per heavy atom. The number of amides is 1. The van der Waals surface area contributed by atoms with Crippen molar-refractivity contribution < 1.29 is 9.53 Å². The highest BCUT2D eigenvalue weighted by Gasteiger charge is 2.20. The monoisotopic (exact) mass is 219 g/mol. The van der Waals surface area contributed by atoms with Crippen molar-refractivity contribution in [3.63, 3.8) is 0 Å². The largest absolute Gasteiger partial charge is 0.496 e. The maximum atomic E-state index is 11.8. The van der Waals surface area contributed by atoms with Crippen LogP contribution in [0.1, 0.15) is 35.2 Å². The van der Waals surface area contributed by atoms with E-state index in [1.54, 1.807) is 13.2 Å². The summed E-state index contributed by atoms with van der Waals surface area (Å²) in [6.07, 6.45) is 3.45. The highest BCUT2D eigenvalue weighted by Crippen LogP contribution is 2.21. The highest BCUT2D eigenvalue weighted by atomic mass is 16.5. The second-order valence-electron chi connectivity index (χ2n) is 4.29. The van der Waals surface area contributed by atoms with Crippen LogP contribution < -0.4 is 10.1 Å². The van der Waals surface area contributed by atoms with E-state index in [4.69, 9.17) is 4.74 Å². The Morgan fingerprint density at radius 3 is 2.69 bits per heavy atom. The van der Waals surface area contributed by atoms with E-state index >= 15 is 0 Å². The molecule has 0 bridgehead atoms. The van der Waals surface area contributed by atoms with Gasteiger partial charge in [-0.2, -0.15) is 0 Å². The van der Waals surface area contributed by atoms with Gasteiger partial charge in [0.2, 0.25) is 0 Å². The molecule has 16 heavy (non-hydrogen) atoms. The molecule has 1 fully saturated rings. The Bertz CT molecular complexity index is 397. The lowest BCUT2D eigenvalue weighted by molar-refractivity contribution is 0.0917. The lowest BCUT2D eigenvalue weighted by atomic mass is 9.93. The van der Waals surface area contributed by atoms with E-state index in [0.717, 1.165) is 24.2 Å². The first-order valence-corrected chi connectivity index (χ1v) is 5.66. The van der Waals surface area contributed by atoms with Crippen LogP contribution in [0.3, 0.4) is 0 Å². The molecule has 0 atom stereocenters. The van der Waals surface area contributed by atoms with Crippen LogP contribution in [0, 0.1) is 6.92 Å². The minimum atomic E-state index is 0.0236. The zero-order valence-electron chi connectivity index (χ0n) is 9.75. The van der Waals surface area contributed by atoms with Gasteiger partial charge in [0.15, 0.2) is 0 Å². The summed E-state index contributed by atoms with van der Waals surface area (Å²) in [7, 11) is 1.64. The molecule has 0 saturated heterocycles. The zero-order chi connectivity index (χ0) is 11.5. The number of carbonyl (C=O) groups is 1. The molecular weight excluding hydrogens is 202 g/mol. The van der Waals surface area contributed by atoms with E-state index in [2.05, 4.69) is 5.32 Å². The Morgan fingerprint density at radius 2 is 2.19 bits per heavy atom. The molecule has 0 aliphatic heterocycles. The molecule has 1 amide bonds. The molecule has 2 rings (SSSR count). The van der Waals surface area contributed by atoms with Crippen LogP contribution in [0.4, 0.5) is 0 Å². The maximum absolute atomic E-state index is 11.8. The smallest absolute Gasteiger partial charge is 0.251 e. The Balaban J connectivity index is 2.07. The van der Waals surface area contributed by atoms with Gasteiger partial charge in [0.25, 0.3) is 5.91 Å². The first-order chi connectivity index (χ1) is 7.70. The number of rotatable bonds is 3. The normalized spacial score (nSPS) is 15.4. The van der Waals surface area contributed by atoms with Crippen molar-refractivity contribution >= 4 is 5.91 Å². The van der Waals surface area contributed by atoms with Crippen molar-refractivity contribution in [1.29, 1.82) is 0 Å². The second-order valence-corrected chi connectivity index (χ2v) is 4.29. The van der Waals surface area contributed by atoms with E-state index in [1.807, 2.05) is 19.1 Å². The van der Waals surface area contributed by atoms with Gasteiger partial charge in [-0.15, -0.1) is 0 Å². The van der Waals surface area contributed by atoms with E-state index in [1.165, 1.54) is 6.42 Å². The molecule has 1 aliphatic rings. The highest BCUT2D eigenvalue weighted by molar-refractivity contribution is 5.94. The molecule has 1 aromatic carbocycles. The topological polar surface area (TPSA) is 38.3 Å². The first kappa shape index (κ1) is 11.0. The van der Waals surface area contributed by atoms with Crippen LogP contribution in [0.15, 0.2) is 18.2 Å². The van der Waals surface area contributed by atoms with Gasteiger partial charge in [-0.25, -0.2) is 0 Å². The van der Waals surface area contributed by atoms with Gasteiger partial charge in [-0.1, -0.05) is 0 Å². The molecule has 0 aromatic heterocycles. The molecule has 1 saturated carbocycles. The molecule has 3 nitrogen and oxygen atoms in total. The fourth-order valence-corrected chi connectivity index (χ4v) is 1.84. The maximum Gasteiger partial charge on any atom is 0.251 e. The third-order valence-electron chi connectivity index (χ3n) is 3.10. The summed E-state index contributed by atoms with van der Waals surface area (Å²) >= 11 is 0. The second kappa shape index (κ2) is 4.56. The number of ether oxygens (including phenoxy) is 1. The summed E-state index contributed by atoms with van der Waals surface area (Å²) in [4.78, 5) is 11.8. The number of methoxy groups -OCH3 is 1. The Labute approximate surface area is 95.8 Å².